The monoisotopic (exact) mass is 264 g/mol. The van der Waals surface area contributed by atoms with E-state index in [4.69, 9.17) is 9.47 Å². The number of carbonyl (C=O) groups is 1. The second-order valence-electron chi connectivity index (χ2n) is 4.00. The van der Waals surface area contributed by atoms with Crippen LogP contribution >= 0.6 is 0 Å². The number of hydrogen-bond acceptors (Lipinski definition) is 4. The maximum absolute atomic E-state index is 12.1. The summed E-state index contributed by atoms with van der Waals surface area (Å²) in [6, 6.07) is 4.81. The molecule has 0 bridgehead atoms. The first-order chi connectivity index (χ1) is 9.20. The number of hydrogen-bond donors (Lipinski definition) is 1. The zero-order valence-electron chi connectivity index (χ0n) is 11.4. The van der Waals surface area contributed by atoms with E-state index in [1.54, 1.807) is 25.3 Å². The molecule has 0 heterocycles. The average molecular weight is 264 g/mol. The van der Waals surface area contributed by atoms with Crippen LogP contribution in [0.15, 0.2) is 30.4 Å². The lowest BCUT2D eigenvalue weighted by Gasteiger charge is -2.11. The lowest BCUT2D eigenvalue weighted by molar-refractivity contribution is 0.0984. The van der Waals surface area contributed by atoms with Crippen molar-refractivity contribution in [2.24, 2.45) is 0 Å². The Morgan fingerprint density at radius 3 is 2.79 bits per heavy atom. The SMILES string of the molecule is CC/C=C/CC(=O)c1c(O)cccc1OCCOC. The molecule has 0 amide bonds. The number of phenolic OH excluding ortho intramolecular Hbond substituents is 1. The van der Waals surface area contributed by atoms with Crippen LogP contribution in [-0.4, -0.2) is 31.2 Å². The molecule has 0 aliphatic heterocycles. The van der Waals surface area contributed by atoms with Crippen molar-refractivity contribution in [3.8, 4) is 11.5 Å². The zero-order valence-corrected chi connectivity index (χ0v) is 11.4. The summed E-state index contributed by atoms with van der Waals surface area (Å²) in [7, 11) is 1.58. The molecule has 0 radical (unpaired) electrons. The minimum atomic E-state index is -0.157. The van der Waals surface area contributed by atoms with Crippen LogP contribution in [0.25, 0.3) is 0 Å². The smallest absolute Gasteiger partial charge is 0.174 e. The van der Waals surface area contributed by atoms with Crippen molar-refractivity contribution in [2.45, 2.75) is 19.8 Å². The van der Waals surface area contributed by atoms with E-state index in [9.17, 15) is 9.90 Å². The fourth-order valence-electron chi connectivity index (χ4n) is 1.61. The Hall–Kier alpha value is -1.81. The fourth-order valence-corrected chi connectivity index (χ4v) is 1.61. The van der Waals surface area contributed by atoms with Gasteiger partial charge in [-0.3, -0.25) is 4.79 Å². The summed E-state index contributed by atoms with van der Waals surface area (Å²) in [4.78, 5) is 12.1. The number of carbonyl (C=O) groups excluding carboxylic acids is 1. The van der Waals surface area contributed by atoms with Crippen LogP contribution in [0.1, 0.15) is 30.1 Å². The lowest BCUT2D eigenvalue weighted by Crippen LogP contribution is -2.08. The van der Waals surface area contributed by atoms with Crippen molar-refractivity contribution in [1.82, 2.24) is 0 Å². The van der Waals surface area contributed by atoms with Gasteiger partial charge in [-0.1, -0.05) is 25.1 Å². The van der Waals surface area contributed by atoms with E-state index in [0.717, 1.165) is 6.42 Å². The molecule has 0 fully saturated rings. The topological polar surface area (TPSA) is 55.8 Å². The predicted molar refractivity (Wildman–Crippen MR) is 73.9 cm³/mol. The quantitative estimate of drug-likeness (QED) is 0.445. The summed E-state index contributed by atoms with van der Waals surface area (Å²) >= 11 is 0. The normalized spacial score (nSPS) is 10.8. The molecule has 1 rings (SSSR count). The van der Waals surface area contributed by atoms with Gasteiger partial charge in [-0.05, 0) is 18.6 Å². The first-order valence-corrected chi connectivity index (χ1v) is 6.32. The van der Waals surface area contributed by atoms with Crippen molar-refractivity contribution >= 4 is 5.78 Å². The molecule has 0 aliphatic rings. The van der Waals surface area contributed by atoms with Gasteiger partial charge in [-0.25, -0.2) is 0 Å². The van der Waals surface area contributed by atoms with Crippen LogP contribution in [0.5, 0.6) is 11.5 Å². The van der Waals surface area contributed by atoms with Gasteiger partial charge in [0.05, 0.1) is 6.61 Å². The molecule has 1 aromatic carbocycles. The molecule has 0 unspecified atom stereocenters. The van der Waals surface area contributed by atoms with E-state index in [1.807, 2.05) is 13.0 Å². The van der Waals surface area contributed by atoms with Crippen LogP contribution in [0.3, 0.4) is 0 Å². The molecule has 1 aromatic rings. The molecule has 1 N–H and O–H groups in total. The number of Topliss-reactive ketones (excluding diaryl/α,β-unsaturated/α-hetero) is 1. The average Bonchev–Trinajstić information content (AvgIpc) is 2.39. The highest BCUT2D eigenvalue weighted by Gasteiger charge is 2.16. The first-order valence-electron chi connectivity index (χ1n) is 6.32. The fraction of sp³-hybridized carbons (Fsp3) is 0.400. The Balaban J connectivity index is 2.84. The third-order valence-electron chi connectivity index (χ3n) is 2.53. The van der Waals surface area contributed by atoms with Crippen molar-refractivity contribution < 1.29 is 19.4 Å². The van der Waals surface area contributed by atoms with Crippen LogP contribution in [-0.2, 0) is 4.74 Å². The molecule has 19 heavy (non-hydrogen) atoms. The third kappa shape index (κ3) is 4.75. The molecular weight excluding hydrogens is 244 g/mol. The van der Waals surface area contributed by atoms with Gasteiger partial charge in [0.1, 0.15) is 23.7 Å². The summed E-state index contributed by atoms with van der Waals surface area (Å²) < 4.78 is 10.3. The summed E-state index contributed by atoms with van der Waals surface area (Å²) in [5.74, 6) is 0.187. The number of ether oxygens (including phenoxy) is 2. The van der Waals surface area contributed by atoms with E-state index < -0.39 is 0 Å². The minimum absolute atomic E-state index is 0.0511. The molecule has 0 aliphatic carbocycles. The van der Waals surface area contributed by atoms with E-state index in [-0.39, 0.29) is 23.5 Å². The molecule has 0 atom stereocenters. The summed E-state index contributed by atoms with van der Waals surface area (Å²) in [5, 5.41) is 9.82. The number of allylic oxidation sites excluding steroid dienone is 2. The maximum atomic E-state index is 12.1. The standard InChI is InChI=1S/C15H20O4/c1-3-4-5-7-12(16)15-13(17)8-6-9-14(15)19-11-10-18-2/h4-6,8-9,17H,3,7,10-11H2,1-2H3/b5-4+. The second-order valence-corrected chi connectivity index (χ2v) is 4.00. The highest BCUT2D eigenvalue weighted by atomic mass is 16.5. The molecule has 0 spiro atoms. The number of benzene rings is 1. The van der Waals surface area contributed by atoms with Gasteiger partial charge in [0, 0.05) is 13.5 Å². The van der Waals surface area contributed by atoms with E-state index in [1.165, 1.54) is 6.07 Å². The van der Waals surface area contributed by atoms with Gasteiger partial charge in [0.2, 0.25) is 0 Å². The molecule has 104 valence electrons. The summed E-state index contributed by atoms with van der Waals surface area (Å²) in [6.07, 6.45) is 4.86. The van der Waals surface area contributed by atoms with Crippen molar-refractivity contribution in [1.29, 1.82) is 0 Å². The van der Waals surface area contributed by atoms with Gasteiger partial charge in [0.25, 0.3) is 0 Å². The highest BCUT2D eigenvalue weighted by Crippen LogP contribution is 2.28. The molecular formula is C15H20O4. The van der Waals surface area contributed by atoms with Crippen LogP contribution < -0.4 is 4.74 Å². The Kier molecular flexibility index (Phi) is 6.68. The van der Waals surface area contributed by atoms with Gasteiger partial charge >= 0.3 is 0 Å². The van der Waals surface area contributed by atoms with Crippen LogP contribution in [0.4, 0.5) is 0 Å². The summed E-state index contributed by atoms with van der Waals surface area (Å²) in [5.41, 5.74) is 0.236. The third-order valence-corrected chi connectivity index (χ3v) is 2.53. The number of phenols is 1. The maximum Gasteiger partial charge on any atom is 0.174 e. The number of ketones is 1. The Labute approximate surface area is 113 Å². The Morgan fingerprint density at radius 2 is 2.11 bits per heavy atom. The van der Waals surface area contributed by atoms with Crippen LogP contribution in [0.2, 0.25) is 0 Å². The van der Waals surface area contributed by atoms with Gasteiger partial charge in [-0.2, -0.15) is 0 Å². The minimum Gasteiger partial charge on any atom is -0.507 e. The van der Waals surface area contributed by atoms with Crippen molar-refractivity contribution in [3.05, 3.63) is 35.9 Å². The summed E-state index contributed by atoms with van der Waals surface area (Å²) in [6.45, 7) is 2.77. The van der Waals surface area contributed by atoms with Gasteiger partial charge in [-0.15, -0.1) is 0 Å². The largest absolute Gasteiger partial charge is 0.507 e. The number of aromatic hydroxyl groups is 1. The zero-order chi connectivity index (χ0) is 14.1. The molecule has 4 heteroatoms. The van der Waals surface area contributed by atoms with Gasteiger partial charge in [0.15, 0.2) is 5.78 Å². The highest BCUT2D eigenvalue weighted by molar-refractivity contribution is 6.01. The predicted octanol–water partition coefficient (Wildman–Crippen LogP) is 2.96. The molecule has 0 aromatic heterocycles. The van der Waals surface area contributed by atoms with Crippen molar-refractivity contribution in [2.75, 3.05) is 20.3 Å². The molecule has 0 saturated carbocycles. The van der Waals surface area contributed by atoms with Gasteiger partial charge < -0.3 is 14.6 Å². The van der Waals surface area contributed by atoms with E-state index in [0.29, 0.717) is 19.0 Å². The first kappa shape index (κ1) is 15.2. The Bertz CT molecular complexity index is 438. The molecule has 0 saturated heterocycles. The molecule has 4 nitrogen and oxygen atoms in total. The number of rotatable bonds is 8. The van der Waals surface area contributed by atoms with E-state index in [2.05, 4.69) is 0 Å². The van der Waals surface area contributed by atoms with Crippen LogP contribution in [0, 0.1) is 0 Å². The number of methoxy groups -OCH3 is 1. The van der Waals surface area contributed by atoms with Crippen molar-refractivity contribution in [3.63, 3.8) is 0 Å². The van der Waals surface area contributed by atoms with E-state index >= 15 is 0 Å². The lowest BCUT2D eigenvalue weighted by atomic mass is 10.1. The second kappa shape index (κ2) is 8.32. The Morgan fingerprint density at radius 1 is 1.32 bits per heavy atom.